The van der Waals surface area contributed by atoms with Gasteiger partial charge in [-0.1, -0.05) is 15.9 Å². The second-order valence-electron chi connectivity index (χ2n) is 2.79. The van der Waals surface area contributed by atoms with Crippen molar-refractivity contribution in [1.29, 1.82) is 5.26 Å². The van der Waals surface area contributed by atoms with Gasteiger partial charge >= 0.3 is 12.1 Å². The van der Waals surface area contributed by atoms with E-state index in [2.05, 4.69) is 15.9 Å². The molecule has 0 heterocycles. The maximum Gasteiger partial charge on any atom is 0.417 e. The van der Waals surface area contributed by atoms with Crippen molar-refractivity contribution < 1.29 is 23.1 Å². The third-order valence-electron chi connectivity index (χ3n) is 1.76. The number of alkyl halides is 3. The van der Waals surface area contributed by atoms with Crippen LogP contribution < -0.4 is 0 Å². The van der Waals surface area contributed by atoms with E-state index in [1.807, 2.05) is 0 Å². The fourth-order valence-corrected chi connectivity index (χ4v) is 1.63. The molecule has 84 valence electrons. The van der Waals surface area contributed by atoms with Gasteiger partial charge in [0.05, 0.1) is 16.7 Å². The van der Waals surface area contributed by atoms with Crippen LogP contribution in [0.25, 0.3) is 0 Å². The molecule has 1 rings (SSSR count). The van der Waals surface area contributed by atoms with Crippen LogP contribution in [0.4, 0.5) is 13.2 Å². The molecule has 0 aliphatic rings. The van der Waals surface area contributed by atoms with Crippen molar-refractivity contribution in [2.75, 3.05) is 0 Å². The molecule has 0 spiro atoms. The summed E-state index contributed by atoms with van der Waals surface area (Å²) in [6.45, 7) is 0. The van der Waals surface area contributed by atoms with Crippen molar-refractivity contribution in [3.05, 3.63) is 33.3 Å². The molecule has 1 N–H and O–H groups in total. The summed E-state index contributed by atoms with van der Waals surface area (Å²) in [4.78, 5) is 10.6. The van der Waals surface area contributed by atoms with Crippen molar-refractivity contribution in [2.24, 2.45) is 0 Å². The van der Waals surface area contributed by atoms with Crippen molar-refractivity contribution in [3.8, 4) is 6.07 Å². The van der Waals surface area contributed by atoms with Crippen molar-refractivity contribution in [3.63, 3.8) is 0 Å². The normalized spacial score (nSPS) is 10.9. The summed E-state index contributed by atoms with van der Waals surface area (Å²) in [6.07, 6.45) is -4.64. The highest BCUT2D eigenvalue weighted by Gasteiger charge is 2.34. The maximum absolute atomic E-state index is 12.4. The zero-order valence-corrected chi connectivity index (χ0v) is 9.06. The molecule has 0 unspecified atom stereocenters. The minimum absolute atomic E-state index is 0.406. The lowest BCUT2D eigenvalue weighted by Gasteiger charge is -2.10. The number of nitrogens with zero attached hydrogens (tertiary/aromatic N) is 1. The molecule has 0 aliphatic carbocycles. The van der Waals surface area contributed by atoms with Gasteiger partial charge in [-0.2, -0.15) is 18.4 Å². The Hall–Kier alpha value is -1.55. The SMILES string of the molecule is N#Cc1cc(C(F)(F)F)c(Br)cc1C(=O)O. The smallest absolute Gasteiger partial charge is 0.417 e. The Kier molecular flexibility index (Phi) is 3.24. The van der Waals surface area contributed by atoms with E-state index in [4.69, 9.17) is 10.4 Å². The third-order valence-corrected chi connectivity index (χ3v) is 2.42. The van der Waals surface area contributed by atoms with Gasteiger partial charge in [0, 0.05) is 4.47 Å². The lowest BCUT2D eigenvalue weighted by molar-refractivity contribution is -0.138. The number of aromatic carboxylic acids is 1. The molecule has 0 aromatic heterocycles. The highest BCUT2D eigenvalue weighted by atomic mass is 79.9. The van der Waals surface area contributed by atoms with Gasteiger partial charge in [0.1, 0.15) is 6.07 Å². The minimum atomic E-state index is -4.64. The first kappa shape index (κ1) is 12.5. The van der Waals surface area contributed by atoms with Gasteiger partial charge in [0.2, 0.25) is 0 Å². The van der Waals surface area contributed by atoms with E-state index in [0.717, 1.165) is 6.07 Å². The summed E-state index contributed by atoms with van der Waals surface area (Å²) < 4.78 is 36.8. The molecule has 7 heteroatoms. The van der Waals surface area contributed by atoms with Crippen LogP contribution in [0.1, 0.15) is 21.5 Å². The van der Waals surface area contributed by atoms with Crippen LogP contribution in [-0.2, 0) is 6.18 Å². The van der Waals surface area contributed by atoms with Crippen molar-refractivity contribution >= 4 is 21.9 Å². The number of hydrogen-bond donors (Lipinski definition) is 1. The molecule has 0 amide bonds. The van der Waals surface area contributed by atoms with E-state index in [0.29, 0.717) is 6.07 Å². The predicted octanol–water partition coefficient (Wildman–Crippen LogP) is 3.04. The van der Waals surface area contributed by atoms with Gasteiger partial charge in [-0.3, -0.25) is 0 Å². The summed E-state index contributed by atoms with van der Waals surface area (Å²) in [6, 6.07) is 2.69. The van der Waals surface area contributed by atoms with Gasteiger partial charge in [0.25, 0.3) is 0 Å². The standard InChI is InChI=1S/C9H3BrF3NO2/c10-7-2-5(8(15)16)4(3-14)1-6(7)9(11,12)13/h1-2H,(H,15,16). The van der Waals surface area contributed by atoms with E-state index < -0.39 is 33.3 Å². The number of carboxylic acids is 1. The number of carbonyl (C=O) groups is 1. The highest BCUT2D eigenvalue weighted by Crippen LogP contribution is 2.36. The summed E-state index contributed by atoms with van der Waals surface area (Å²) in [5.74, 6) is -1.45. The average molecular weight is 294 g/mol. The van der Waals surface area contributed by atoms with Gasteiger partial charge in [-0.15, -0.1) is 0 Å². The van der Waals surface area contributed by atoms with E-state index in [1.54, 1.807) is 0 Å². The zero-order chi connectivity index (χ0) is 12.5. The van der Waals surface area contributed by atoms with Crippen LogP contribution >= 0.6 is 15.9 Å². The molecule has 0 bridgehead atoms. The van der Waals surface area contributed by atoms with Gasteiger partial charge < -0.3 is 5.11 Å². The summed E-state index contributed by atoms with van der Waals surface area (Å²) in [5.41, 5.74) is -2.07. The minimum Gasteiger partial charge on any atom is -0.478 e. The number of halogens is 4. The number of hydrogen-bond acceptors (Lipinski definition) is 2. The predicted molar refractivity (Wildman–Crippen MR) is 50.8 cm³/mol. The Labute approximate surface area is 96.2 Å². The molecular weight excluding hydrogens is 291 g/mol. The van der Waals surface area contributed by atoms with Crippen LogP contribution in [0.2, 0.25) is 0 Å². The van der Waals surface area contributed by atoms with Crippen molar-refractivity contribution in [2.45, 2.75) is 6.18 Å². The van der Waals surface area contributed by atoms with Gasteiger partial charge in [-0.25, -0.2) is 4.79 Å². The number of carboxylic acid groups (broad SMARTS) is 1. The van der Waals surface area contributed by atoms with E-state index >= 15 is 0 Å². The second kappa shape index (κ2) is 4.14. The van der Waals surface area contributed by atoms with E-state index in [-0.39, 0.29) is 0 Å². The second-order valence-corrected chi connectivity index (χ2v) is 3.65. The Bertz CT molecular complexity index is 491. The average Bonchev–Trinajstić information content (AvgIpc) is 2.15. The van der Waals surface area contributed by atoms with Crippen molar-refractivity contribution in [1.82, 2.24) is 0 Å². The van der Waals surface area contributed by atoms with Crippen LogP contribution in [0, 0.1) is 11.3 Å². The molecule has 3 nitrogen and oxygen atoms in total. The zero-order valence-electron chi connectivity index (χ0n) is 7.47. The quantitative estimate of drug-likeness (QED) is 0.866. The monoisotopic (exact) mass is 293 g/mol. The fourth-order valence-electron chi connectivity index (χ4n) is 1.06. The molecule has 0 saturated carbocycles. The summed E-state index contributed by atoms with van der Waals surface area (Å²) in [7, 11) is 0. The molecule has 1 aromatic carbocycles. The van der Waals surface area contributed by atoms with E-state index in [1.165, 1.54) is 6.07 Å². The molecule has 1 aromatic rings. The molecule has 0 fully saturated rings. The highest BCUT2D eigenvalue weighted by molar-refractivity contribution is 9.10. The molecule has 16 heavy (non-hydrogen) atoms. The Morgan fingerprint density at radius 1 is 1.44 bits per heavy atom. The first-order chi connectivity index (χ1) is 7.27. The molecule has 0 atom stereocenters. The third kappa shape index (κ3) is 2.33. The first-order valence-corrected chi connectivity index (χ1v) is 4.60. The lowest BCUT2D eigenvalue weighted by Crippen LogP contribution is -2.09. The lowest BCUT2D eigenvalue weighted by atomic mass is 10.0. The number of rotatable bonds is 1. The van der Waals surface area contributed by atoms with Crippen LogP contribution in [0.3, 0.4) is 0 Å². The van der Waals surface area contributed by atoms with Gasteiger partial charge in [-0.05, 0) is 12.1 Å². The molecule has 0 saturated heterocycles. The largest absolute Gasteiger partial charge is 0.478 e. The van der Waals surface area contributed by atoms with E-state index in [9.17, 15) is 18.0 Å². The van der Waals surface area contributed by atoms with Crippen LogP contribution in [0.15, 0.2) is 16.6 Å². The van der Waals surface area contributed by atoms with Crippen LogP contribution in [0.5, 0.6) is 0 Å². The first-order valence-electron chi connectivity index (χ1n) is 3.81. The molecule has 0 radical (unpaired) electrons. The molecular formula is C9H3BrF3NO2. The molecule has 0 aliphatic heterocycles. The number of nitriles is 1. The summed E-state index contributed by atoms with van der Waals surface area (Å²) in [5, 5.41) is 17.2. The van der Waals surface area contributed by atoms with Crippen LogP contribution in [-0.4, -0.2) is 11.1 Å². The maximum atomic E-state index is 12.4. The fraction of sp³-hybridized carbons (Fsp3) is 0.111. The topological polar surface area (TPSA) is 61.1 Å². The Balaban J connectivity index is 3.51. The number of benzene rings is 1. The Morgan fingerprint density at radius 2 is 2.00 bits per heavy atom. The summed E-state index contributed by atoms with van der Waals surface area (Å²) >= 11 is 2.62. The Morgan fingerprint density at radius 3 is 2.38 bits per heavy atom. The van der Waals surface area contributed by atoms with Gasteiger partial charge in [0.15, 0.2) is 0 Å².